The lowest BCUT2D eigenvalue weighted by molar-refractivity contribution is -0.137. The van der Waals surface area contributed by atoms with Crippen LogP contribution in [-0.2, 0) is 21.0 Å². The molecule has 5 nitrogen and oxygen atoms in total. The summed E-state index contributed by atoms with van der Waals surface area (Å²) in [6.07, 6.45) is -4.58. The van der Waals surface area contributed by atoms with Crippen LogP contribution in [0, 0.1) is 0 Å². The number of alkyl halides is 3. The third-order valence-corrected chi connectivity index (χ3v) is 4.07. The molecule has 0 spiro atoms. The Morgan fingerprint density at radius 3 is 2.48 bits per heavy atom. The highest BCUT2D eigenvalue weighted by Crippen LogP contribution is 2.33. The smallest absolute Gasteiger partial charge is 0.324 e. The van der Waals surface area contributed by atoms with E-state index in [1.54, 1.807) is 0 Å². The molecule has 0 bridgehead atoms. The van der Waals surface area contributed by atoms with E-state index in [4.69, 9.17) is 11.6 Å². The number of sulfonamides is 1. The van der Waals surface area contributed by atoms with Gasteiger partial charge in [0.15, 0.2) is 0 Å². The SMILES string of the molecule is CCS(=O)(=O)NCC(=O)Nc1cc(C(F)(F)F)ccc1Cl. The molecule has 0 aliphatic rings. The molecule has 0 atom stereocenters. The number of hydrogen-bond acceptors (Lipinski definition) is 3. The van der Waals surface area contributed by atoms with Crippen molar-refractivity contribution in [2.24, 2.45) is 0 Å². The zero-order valence-corrected chi connectivity index (χ0v) is 12.4. The average molecular weight is 345 g/mol. The number of rotatable bonds is 5. The Balaban J connectivity index is 2.81. The van der Waals surface area contributed by atoms with Gasteiger partial charge in [-0.25, -0.2) is 13.1 Å². The molecule has 118 valence electrons. The van der Waals surface area contributed by atoms with Crippen molar-refractivity contribution in [3.05, 3.63) is 28.8 Å². The monoisotopic (exact) mass is 344 g/mol. The van der Waals surface area contributed by atoms with Gasteiger partial charge in [-0.2, -0.15) is 13.2 Å². The minimum Gasteiger partial charge on any atom is -0.324 e. The fourth-order valence-electron chi connectivity index (χ4n) is 1.27. The number of halogens is 4. The number of anilines is 1. The molecule has 21 heavy (non-hydrogen) atoms. The van der Waals surface area contributed by atoms with E-state index in [9.17, 15) is 26.4 Å². The van der Waals surface area contributed by atoms with Crippen molar-refractivity contribution >= 4 is 33.2 Å². The highest BCUT2D eigenvalue weighted by atomic mass is 35.5. The molecule has 1 rings (SSSR count). The second kappa shape index (κ2) is 6.63. The normalized spacial score (nSPS) is 12.2. The van der Waals surface area contributed by atoms with Gasteiger partial charge in [-0.3, -0.25) is 4.79 Å². The summed E-state index contributed by atoms with van der Waals surface area (Å²) in [5.41, 5.74) is -1.22. The van der Waals surface area contributed by atoms with Crippen LogP contribution < -0.4 is 10.0 Å². The zero-order chi connectivity index (χ0) is 16.3. The topological polar surface area (TPSA) is 75.3 Å². The number of benzene rings is 1. The minimum atomic E-state index is -4.58. The standard InChI is InChI=1S/C11H12ClF3N2O3S/c1-2-21(19,20)16-6-10(18)17-9-5-7(11(13,14)15)3-4-8(9)12/h3-5,16H,2,6H2,1H3,(H,17,18). The van der Waals surface area contributed by atoms with Crippen molar-refractivity contribution in [2.75, 3.05) is 17.6 Å². The first-order valence-electron chi connectivity index (χ1n) is 5.69. The Kier molecular flexibility index (Phi) is 5.60. The quantitative estimate of drug-likeness (QED) is 0.860. The molecule has 1 aromatic rings. The molecule has 1 aromatic carbocycles. The maximum Gasteiger partial charge on any atom is 0.416 e. The van der Waals surface area contributed by atoms with E-state index in [-0.39, 0.29) is 16.5 Å². The third-order valence-electron chi connectivity index (χ3n) is 2.40. The summed E-state index contributed by atoms with van der Waals surface area (Å²) in [5.74, 6) is -1.04. The predicted molar refractivity (Wildman–Crippen MR) is 72.5 cm³/mol. The first-order valence-corrected chi connectivity index (χ1v) is 7.72. The lowest BCUT2D eigenvalue weighted by Gasteiger charge is -2.12. The van der Waals surface area contributed by atoms with Gasteiger partial charge < -0.3 is 5.32 Å². The van der Waals surface area contributed by atoms with Crippen LogP contribution in [0.15, 0.2) is 18.2 Å². The summed E-state index contributed by atoms with van der Waals surface area (Å²) in [6, 6.07) is 2.45. The van der Waals surface area contributed by atoms with Crippen LogP contribution in [0.2, 0.25) is 5.02 Å². The van der Waals surface area contributed by atoms with E-state index < -0.39 is 34.2 Å². The van der Waals surface area contributed by atoms with Gasteiger partial charge in [-0.1, -0.05) is 11.6 Å². The Labute approximate surface area is 124 Å². The fraction of sp³-hybridized carbons (Fsp3) is 0.364. The van der Waals surface area contributed by atoms with Gasteiger partial charge in [-0.05, 0) is 25.1 Å². The summed E-state index contributed by atoms with van der Waals surface area (Å²) < 4.78 is 61.9. The molecule has 0 aliphatic heterocycles. The van der Waals surface area contributed by atoms with Gasteiger partial charge in [0.2, 0.25) is 15.9 Å². The zero-order valence-electron chi connectivity index (χ0n) is 10.8. The van der Waals surface area contributed by atoms with Crippen molar-refractivity contribution in [3.8, 4) is 0 Å². The molecule has 0 heterocycles. The largest absolute Gasteiger partial charge is 0.416 e. The molecule has 2 N–H and O–H groups in total. The summed E-state index contributed by atoms with van der Waals surface area (Å²) in [7, 11) is -3.57. The van der Waals surface area contributed by atoms with E-state index in [0.29, 0.717) is 6.07 Å². The maximum atomic E-state index is 12.5. The van der Waals surface area contributed by atoms with Crippen LogP contribution in [-0.4, -0.2) is 26.6 Å². The Bertz CT molecular complexity index is 632. The molecular weight excluding hydrogens is 333 g/mol. The van der Waals surface area contributed by atoms with Crippen LogP contribution in [0.5, 0.6) is 0 Å². The first kappa shape index (κ1) is 17.7. The van der Waals surface area contributed by atoms with Crippen LogP contribution in [0.3, 0.4) is 0 Å². The van der Waals surface area contributed by atoms with E-state index in [2.05, 4.69) is 5.32 Å². The van der Waals surface area contributed by atoms with Crippen LogP contribution in [0.4, 0.5) is 18.9 Å². The van der Waals surface area contributed by atoms with Crippen molar-refractivity contribution in [1.82, 2.24) is 4.72 Å². The molecule has 0 saturated heterocycles. The highest BCUT2D eigenvalue weighted by Gasteiger charge is 2.31. The molecule has 10 heteroatoms. The van der Waals surface area contributed by atoms with E-state index in [1.807, 2.05) is 4.72 Å². The number of amides is 1. The average Bonchev–Trinajstić information content (AvgIpc) is 2.38. The van der Waals surface area contributed by atoms with Crippen molar-refractivity contribution in [3.63, 3.8) is 0 Å². The van der Waals surface area contributed by atoms with Crippen LogP contribution in [0.1, 0.15) is 12.5 Å². The molecule has 0 unspecified atom stereocenters. The molecule has 0 fully saturated rings. The van der Waals surface area contributed by atoms with Gasteiger partial charge in [-0.15, -0.1) is 0 Å². The van der Waals surface area contributed by atoms with Crippen LogP contribution >= 0.6 is 11.6 Å². The van der Waals surface area contributed by atoms with E-state index >= 15 is 0 Å². The summed E-state index contributed by atoms with van der Waals surface area (Å²) in [6.45, 7) is 0.784. The molecular formula is C11H12ClF3N2O3S. The van der Waals surface area contributed by atoms with Crippen molar-refractivity contribution in [2.45, 2.75) is 13.1 Å². The number of carbonyl (C=O) groups excluding carboxylic acids is 1. The van der Waals surface area contributed by atoms with Crippen LogP contribution in [0.25, 0.3) is 0 Å². The number of carbonyl (C=O) groups is 1. The molecule has 0 radical (unpaired) electrons. The first-order chi connectivity index (χ1) is 9.55. The Hall–Kier alpha value is -1.32. The van der Waals surface area contributed by atoms with E-state index in [1.165, 1.54) is 6.92 Å². The maximum absolute atomic E-state index is 12.5. The fourth-order valence-corrected chi connectivity index (χ4v) is 1.99. The lowest BCUT2D eigenvalue weighted by atomic mass is 10.2. The summed E-state index contributed by atoms with van der Waals surface area (Å²) >= 11 is 5.69. The molecule has 0 saturated carbocycles. The van der Waals surface area contributed by atoms with Crippen molar-refractivity contribution in [1.29, 1.82) is 0 Å². The van der Waals surface area contributed by atoms with Gasteiger partial charge in [0.05, 0.1) is 28.6 Å². The summed E-state index contributed by atoms with van der Waals surface area (Å²) in [5, 5.41) is 2.03. The number of hydrogen-bond donors (Lipinski definition) is 2. The molecule has 0 aromatic heterocycles. The van der Waals surface area contributed by atoms with Gasteiger partial charge in [0.25, 0.3) is 0 Å². The van der Waals surface area contributed by atoms with E-state index in [0.717, 1.165) is 12.1 Å². The lowest BCUT2D eigenvalue weighted by Crippen LogP contribution is -2.33. The Morgan fingerprint density at radius 1 is 1.33 bits per heavy atom. The van der Waals surface area contributed by atoms with Gasteiger partial charge >= 0.3 is 6.18 Å². The predicted octanol–water partition coefficient (Wildman–Crippen LogP) is 2.24. The Morgan fingerprint density at radius 2 is 1.95 bits per heavy atom. The molecule has 0 aliphatic carbocycles. The second-order valence-corrected chi connectivity index (χ2v) is 6.47. The van der Waals surface area contributed by atoms with Gasteiger partial charge in [0, 0.05) is 0 Å². The van der Waals surface area contributed by atoms with Crippen molar-refractivity contribution < 1.29 is 26.4 Å². The second-order valence-electron chi connectivity index (χ2n) is 3.97. The summed E-state index contributed by atoms with van der Waals surface area (Å²) in [4.78, 5) is 11.5. The minimum absolute atomic E-state index is 0.0882. The molecule has 1 amide bonds. The highest BCUT2D eigenvalue weighted by molar-refractivity contribution is 7.89. The number of nitrogens with one attached hydrogen (secondary N) is 2. The third kappa shape index (κ3) is 5.52. The van der Waals surface area contributed by atoms with Gasteiger partial charge in [0.1, 0.15) is 0 Å².